The summed E-state index contributed by atoms with van der Waals surface area (Å²) >= 11 is 0. The molecular weight excluding hydrogens is 234 g/mol. The topological polar surface area (TPSA) is 32.6 Å². The third kappa shape index (κ3) is 7.24. The SMILES string of the molecule is CCCCCCC(C=CC=Cc1ccccc1)=NO. The van der Waals surface area contributed by atoms with Gasteiger partial charge in [0.15, 0.2) is 0 Å². The van der Waals surface area contributed by atoms with Crippen LogP contribution in [-0.4, -0.2) is 10.9 Å². The number of benzene rings is 1. The maximum atomic E-state index is 8.91. The molecule has 0 aliphatic heterocycles. The second-order valence-electron chi connectivity index (χ2n) is 4.53. The summed E-state index contributed by atoms with van der Waals surface area (Å²) < 4.78 is 0. The highest BCUT2D eigenvalue weighted by atomic mass is 16.4. The first kappa shape index (κ1) is 15.2. The Labute approximate surface area is 116 Å². The fourth-order valence-electron chi connectivity index (χ4n) is 1.80. The lowest BCUT2D eigenvalue weighted by atomic mass is 10.1. The van der Waals surface area contributed by atoms with Crippen LogP contribution in [0.4, 0.5) is 0 Å². The van der Waals surface area contributed by atoms with E-state index in [0.29, 0.717) is 0 Å². The molecule has 0 saturated heterocycles. The minimum Gasteiger partial charge on any atom is -0.411 e. The standard InChI is InChI=1S/C17H23NO/c1-2-3-4-8-14-17(18-19)15-10-9-13-16-11-6-5-7-12-16/h5-7,9-13,15,19H,2-4,8,14H2,1H3. The van der Waals surface area contributed by atoms with E-state index in [1.807, 2.05) is 42.5 Å². The van der Waals surface area contributed by atoms with E-state index >= 15 is 0 Å². The lowest BCUT2D eigenvalue weighted by Gasteiger charge is -1.98. The summed E-state index contributed by atoms with van der Waals surface area (Å²) in [4.78, 5) is 0. The molecule has 2 nitrogen and oxygen atoms in total. The van der Waals surface area contributed by atoms with Crippen molar-refractivity contribution < 1.29 is 5.21 Å². The molecule has 0 amide bonds. The Morgan fingerprint density at radius 2 is 1.89 bits per heavy atom. The van der Waals surface area contributed by atoms with Crippen LogP contribution < -0.4 is 0 Å². The van der Waals surface area contributed by atoms with Crippen LogP contribution in [0.5, 0.6) is 0 Å². The summed E-state index contributed by atoms with van der Waals surface area (Å²) in [5.41, 5.74) is 1.91. The van der Waals surface area contributed by atoms with Crippen molar-refractivity contribution in [1.29, 1.82) is 0 Å². The molecule has 1 aromatic rings. The molecule has 0 aliphatic carbocycles. The fraction of sp³-hybridized carbons (Fsp3) is 0.353. The second-order valence-corrected chi connectivity index (χ2v) is 4.53. The Morgan fingerprint density at radius 3 is 2.58 bits per heavy atom. The van der Waals surface area contributed by atoms with Gasteiger partial charge in [0, 0.05) is 0 Å². The zero-order valence-electron chi connectivity index (χ0n) is 11.6. The molecule has 0 radical (unpaired) electrons. The van der Waals surface area contributed by atoms with Gasteiger partial charge in [-0.05, 0) is 24.5 Å². The quantitative estimate of drug-likeness (QED) is 0.228. The van der Waals surface area contributed by atoms with E-state index in [4.69, 9.17) is 5.21 Å². The minimum absolute atomic E-state index is 0.744. The zero-order valence-corrected chi connectivity index (χ0v) is 11.6. The third-order valence-electron chi connectivity index (χ3n) is 2.90. The van der Waals surface area contributed by atoms with Gasteiger partial charge in [0.2, 0.25) is 0 Å². The monoisotopic (exact) mass is 257 g/mol. The normalized spacial score (nSPS) is 12.6. The van der Waals surface area contributed by atoms with Gasteiger partial charge in [0.05, 0.1) is 5.71 Å². The van der Waals surface area contributed by atoms with Gasteiger partial charge in [-0.15, -0.1) is 0 Å². The van der Waals surface area contributed by atoms with Crippen LogP contribution in [0.3, 0.4) is 0 Å². The van der Waals surface area contributed by atoms with E-state index in [2.05, 4.69) is 24.2 Å². The first-order chi connectivity index (χ1) is 9.36. The molecule has 2 heteroatoms. The molecule has 0 atom stereocenters. The number of rotatable bonds is 8. The summed E-state index contributed by atoms with van der Waals surface area (Å²) in [5, 5.41) is 12.2. The molecule has 0 aromatic heterocycles. The molecule has 1 aromatic carbocycles. The molecule has 0 aliphatic rings. The second kappa shape index (κ2) is 10.1. The van der Waals surface area contributed by atoms with Crippen molar-refractivity contribution in [2.75, 3.05) is 0 Å². The van der Waals surface area contributed by atoms with Crippen LogP contribution >= 0.6 is 0 Å². The summed E-state index contributed by atoms with van der Waals surface area (Å²) in [7, 11) is 0. The van der Waals surface area contributed by atoms with E-state index in [0.717, 1.165) is 24.1 Å². The van der Waals surface area contributed by atoms with Crippen molar-refractivity contribution in [1.82, 2.24) is 0 Å². The molecule has 0 saturated carbocycles. The van der Waals surface area contributed by atoms with Crippen molar-refractivity contribution in [2.24, 2.45) is 5.16 Å². The van der Waals surface area contributed by atoms with E-state index in [-0.39, 0.29) is 0 Å². The van der Waals surface area contributed by atoms with Crippen LogP contribution in [0.25, 0.3) is 6.08 Å². The molecule has 0 heterocycles. The third-order valence-corrected chi connectivity index (χ3v) is 2.90. The number of nitrogens with zero attached hydrogens (tertiary/aromatic N) is 1. The van der Waals surface area contributed by atoms with E-state index in [9.17, 15) is 0 Å². The molecule has 0 fully saturated rings. The molecule has 19 heavy (non-hydrogen) atoms. The molecule has 0 bridgehead atoms. The summed E-state index contributed by atoms with van der Waals surface area (Å²) in [6.07, 6.45) is 13.4. The number of oxime groups is 1. The Balaban J connectivity index is 2.35. The number of hydrogen-bond donors (Lipinski definition) is 1. The molecule has 1 rings (SSSR count). The van der Waals surface area contributed by atoms with Crippen molar-refractivity contribution in [3.63, 3.8) is 0 Å². The first-order valence-electron chi connectivity index (χ1n) is 6.97. The Kier molecular flexibility index (Phi) is 8.12. The van der Waals surface area contributed by atoms with Gasteiger partial charge in [-0.1, -0.05) is 79.9 Å². The average Bonchev–Trinajstić information content (AvgIpc) is 2.46. The maximum Gasteiger partial charge on any atom is 0.0795 e. The van der Waals surface area contributed by atoms with Crippen molar-refractivity contribution in [2.45, 2.75) is 39.0 Å². The van der Waals surface area contributed by atoms with Crippen LogP contribution in [0.2, 0.25) is 0 Å². The largest absolute Gasteiger partial charge is 0.411 e. The molecular formula is C17H23NO. The average molecular weight is 257 g/mol. The van der Waals surface area contributed by atoms with Gasteiger partial charge in [0.1, 0.15) is 0 Å². The molecule has 1 N–H and O–H groups in total. The van der Waals surface area contributed by atoms with Crippen LogP contribution in [0, 0.1) is 0 Å². The van der Waals surface area contributed by atoms with Crippen molar-refractivity contribution >= 4 is 11.8 Å². The van der Waals surface area contributed by atoms with E-state index in [1.165, 1.54) is 19.3 Å². The van der Waals surface area contributed by atoms with E-state index in [1.54, 1.807) is 0 Å². The summed E-state index contributed by atoms with van der Waals surface area (Å²) in [6, 6.07) is 10.1. The van der Waals surface area contributed by atoms with Crippen LogP contribution in [-0.2, 0) is 0 Å². The molecule has 0 spiro atoms. The highest BCUT2D eigenvalue weighted by Crippen LogP contribution is 2.05. The minimum atomic E-state index is 0.744. The zero-order chi connectivity index (χ0) is 13.8. The van der Waals surface area contributed by atoms with Gasteiger partial charge >= 0.3 is 0 Å². The number of allylic oxidation sites excluding steroid dienone is 3. The predicted octanol–water partition coefficient (Wildman–Crippen LogP) is 5.06. The predicted molar refractivity (Wildman–Crippen MR) is 82.6 cm³/mol. The molecule has 102 valence electrons. The van der Waals surface area contributed by atoms with Gasteiger partial charge in [-0.25, -0.2) is 0 Å². The number of hydrogen-bond acceptors (Lipinski definition) is 2. The Hall–Kier alpha value is -1.83. The van der Waals surface area contributed by atoms with E-state index < -0.39 is 0 Å². The van der Waals surface area contributed by atoms with Gasteiger partial charge in [0.25, 0.3) is 0 Å². The lowest BCUT2D eigenvalue weighted by molar-refractivity contribution is 0.318. The van der Waals surface area contributed by atoms with Gasteiger partial charge < -0.3 is 5.21 Å². The maximum absolute atomic E-state index is 8.91. The van der Waals surface area contributed by atoms with Crippen LogP contribution in [0.1, 0.15) is 44.6 Å². The lowest BCUT2D eigenvalue weighted by Crippen LogP contribution is -1.93. The fourth-order valence-corrected chi connectivity index (χ4v) is 1.80. The highest BCUT2D eigenvalue weighted by Gasteiger charge is 1.94. The summed E-state index contributed by atoms with van der Waals surface area (Å²) in [6.45, 7) is 2.19. The highest BCUT2D eigenvalue weighted by molar-refractivity contribution is 5.94. The first-order valence-corrected chi connectivity index (χ1v) is 6.97. The Morgan fingerprint density at radius 1 is 1.11 bits per heavy atom. The van der Waals surface area contributed by atoms with Gasteiger partial charge in [-0.3, -0.25) is 0 Å². The Bertz CT molecular complexity index is 418. The summed E-state index contributed by atoms with van der Waals surface area (Å²) in [5.74, 6) is 0. The number of unbranched alkanes of at least 4 members (excludes halogenated alkanes) is 3. The van der Waals surface area contributed by atoms with Crippen molar-refractivity contribution in [3.8, 4) is 0 Å². The van der Waals surface area contributed by atoms with Gasteiger partial charge in [-0.2, -0.15) is 0 Å². The van der Waals surface area contributed by atoms with Crippen LogP contribution in [0.15, 0.2) is 53.7 Å². The smallest absolute Gasteiger partial charge is 0.0795 e. The molecule has 0 unspecified atom stereocenters. The van der Waals surface area contributed by atoms with Crippen molar-refractivity contribution in [3.05, 3.63) is 54.1 Å².